The van der Waals surface area contributed by atoms with E-state index in [9.17, 15) is 9.18 Å². The van der Waals surface area contributed by atoms with Crippen molar-refractivity contribution in [2.24, 2.45) is 0 Å². The number of carbonyl (C=O) groups excluding carboxylic acids is 1. The Labute approximate surface area is 97.6 Å². The lowest BCUT2D eigenvalue weighted by atomic mass is 10.2. The van der Waals surface area contributed by atoms with Crippen LogP contribution >= 0.6 is 11.8 Å². The van der Waals surface area contributed by atoms with E-state index in [-0.39, 0.29) is 5.56 Å². The third kappa shape index (κ3) is 3.55. The van der Waals surface area contributed by atoms with Gasteiger partial charge in [-0.25, -0.2) is 4.39 Å². The molecule has 1 unspecified atom stereocenters. The van der Waals surface area contributed by atoms with Gasteiger partial charge >= 0.3 is 0 Å². The zero-order valence-electron chi connectivity index (χ0n) is 8.74. The summed E-state index contributed by atoms with van der Waals surface area (Å²) in [7, 11) is 0. The molecule has 0 saturated heterocycles. The molecule has 0 aromatic heterocycles. The molecule has 0 spiro atoms. The minimum absolute atomic E-state index is 0.219. The molecule has 0 aliphatic heterocycles. The van der Waals surface area contributed by atoms with E-state index < -0.39 is 17.1 Å². The summed E-state index contributed by atoms with van der Waals surface area (Å²) < 4.78 is 12.8. The second kappa shape index (κ2) is 6.13. The largest absolute Gasteiger partial charge is 0.328 e. The second-order valence-corrected chi connectivity index (χ2v) is 4.33. The summed E-state index contributed by atoms with van der Waals surface area (Å²) in [4.78, 5) is 11.6. The third-order valence-corrected chi connectivity index (χ3v) is 2.69. The van der Waals surface area contributed by atoms with Gasteiger partial charge in [-0.1, -0.05) is 13.0 Å². The summed E-state index contributed by atoms with van der Waals surface area (Å²) in [5.41, 5.74) is 0.219. The Morgan fingerprint density at radius 1 is 1.69 bits per heavy atom. The average molecular weight is 238 g/mol. The minimum Gasteiger partial charge on any atom is -0.328 e. The van der Waals surface area contributed by atoms with Crippen molar-refractivity contribution in [2.75, 3.05) is 5.75 Å². The number of halogens is 1. The molecule has 5 heteroatoms. The first-order valence-electron chi connectivity index (χ1n) is 4.75. The molecule has 0 saturated carbocycles. The zero-order chi connectivity index (χ0) is 12.0. The van der Waals surface area contributed by atoms with Gasteiger partial charge in [-0.2, -0.15) is 5.26 Å². The van der Waals surface area contributed by atoms with E-state index in [0.717, 1.165) is 11.8 Å². The topological polar surface area (TPSA) is 52.9 Å². The van der Waals surface area contributed by atoms with E-state index in [0.29, 0.717) is 0 Å². The van der Waals surface area contributed by atoms with Crippen molar-refractivity contribution < 1.29 is 9.18 Å². The molecule has 1 N–H and O–H groups in total. The van der Waals surface area contributed by atoms with Crippen molar-refractivity contribution in [3.63, 3.8) is 0 Å². The van der Waals surface area contributed by atoms with Gasteiger partial charge in [0.1, 0.15) is 5.82 Å². The number of nitriles is 1. The van der Waals surface area contributed by atoms with Gasteiger partial charge in [0, 0.05) is 5.56 Å². The van der Waals surface area contributed by atoms with Crippen LogP contribution in [0.3, 0.4) is 0 Å². The first-order chi connectivity index (χ1) is 7.67. The molecule has 84 valence electrons. The number of nitrogens with zero attached hydrogens (tertiary/aromatic N) is 1. The highest BCUT2D eigenvalue weighted by atomic mass is 32.2. The Balaban J connectivity index is 2.69. The Bertz CT molecular complexity index is 417. The van der Waals surface area contributed by atoms with Gasteiger partial charge in [0.2, 0.25) is 0 Å². The quantitative estimate of drug-likeness (QED) is 0.818. The van der Waals surface area contributed by atoms with Crippen molar-refractivity contribution >= 4 is 17.7 Å². The maximum Gasteiger partial charge on any atom is 0.253 e. The van der Waals surface area contributed by atoms with Crippen LogP contribution in [0.25, 0.3) is 0 Å². The van der Waals surface area contributed by atoms with Gasteiger partial charge in [-0.15, -0.1) is 11.8 Å². The SMILES string of the molecule is CCSC(C#N)NC(=O)c1cccc(F)c1. The predicted molar refractivity (Wildman–Crippen MR) is 61.4 cm³/mol. The predicted octanol–water partition coefficient (Wildman–Crippen LogP) is 2.16. The zero-order valence-corrected chi connectivity index (χ0v) is 9.55. The van der Waals surface area contributed by atoms with Gasteiger partial charge < -0.3 is 5.32 Å². The van der Waals surface area contributed by atoms with Gasteiger partial charge in [0.25, 0.3) is 5.91 Å². The third-order valence-electron chi connectivity index (χ3n) is 1.80. The van der Waals surface area contributed by atoms with E-state index in [1.165, 1.54) is 30.0 Å². The molecule has 0 radical (unpaired) electrons. The van der Waals surface area contributed by atoms with Crippen LogP contribution in [0.4, 0.5) is 4.39 Å². The summed E-state index contributed by atoms with van der Waals surface area (Å²) >= 11 is 1.32. The van der Waals surface area contributed by atoms with Crippen LogP contribution in [0.5, 0.6) is 0 Å². The molecule has 1 rings (SSSR count). The first-order valence-corrected chi connectivity index (χ1v) is 5.80. The lowest BCUT2D eigenvalue weighted by molar-refractivity contribution is 0.0954. The van der Waals surface area contributed by atoms with E-state index in [4.69, 9.17) is 5.26 Å². The molecule has 0 heterocycles. The van der Waals surface area contributed by atoms with Gasteiger partial charge in [-0.05, 0) is 24.0 Å². The average Bonchev–Trinajstić information content (AvgIpc) is 2.28. The van der Waals surface area contributed by atoms with Crippen LogP contribution in [-0.4, -0.2) is 17.0 Å². The Hall–Kier alpha value is -1.54. The summed E-state index contributed by atoms with van der Waals surface area (Å²) in [6, 6.07) is 7.32. The highest BCUT2D eigenvalue weighted by Crippen LogP contribution is 2.08. The molecule has 1 aromatic rings. The number of amides is 1. The fraction of sp³-hybridized carbons (Fsp3) is 0.273. The number of nitrogens with one attached hydrogen (secondary N) is 1. The number of thioether (sulfide) groups is 1. The molecule has 3 nitrogen and oxygen atoms in total. The molecule has 1 amide bonds. The maximum atomic E-state index is 12.8. The molecular weight excluding hydrogens is 227 g/mol. The van der Waals surface area contributed by atoms with E-state index in [1.54, 1.807) is 0 Å². The number of hydrogen-bond acceptors (Lipinski definition) is 3. The van der Waals surface area contributed by atoms with Crippen LogP contribution in [0.2, 0.25) is 0 Å². The highest BCUT2D eigenvalue weighted by Gasteiger charge is 2.12. The molecule has 1 atom stereocenters. The fourth-order valence-corrected chi connectivity index (χ4v) is 1.71. The highest BCUT2D eigenvalue weighted by molar-refractivity contribution is 8.00. The molecule has 0 bridgehead atoms. The van der Waals surface area contributed by atoms with Crippen molar-refractivity contribution in [3.8, 4) is 6.07 Å². The summed E-state index contributed by atoms with van der Waals surface area (Å²) in [6.07, 6.45) is 0. The first kappa shape index (κ1) is 12.5. The molecular formula is C11H11FN2OS. The van der Waals surface area contributed by atoms with Gasteiger partial charge in [0.15, 0.2) is 5.37 Å². The monoisotopic (exact) mass is 238 g/mol. The summed E-state index contributed by atoms with van der Waals surface area (Å²) in [5, 5.41) is 10.7. The van der Waals surface area contributed by atoms with Crippen LogP contribution in [0.1, 0.15) is 17.3 Å². The molecule has 0 fully saturated rings. The van der Waals surface area contributed by atoms with Crippen LogP contribution < -0.4 is 5.32 Å². The van der Waals surface area contributed by atoms with Crippen molar-refractivity contribution in [1.29, 1.82) is 5.26 Å². The van der Waals surface area contributed by atoms with Gasteiger partial charge in [0.05, 0.1) is 6.07 Å². The van der Waals surface area contributed by atoms with Crippen molar-refractivity contribution in [2.45, 2.75) is 12.3 Å². The smallest absolute Gasteiger partial charge is 0.253 e. The number of rotatable bonds is 4. The van der Waals surface area contributed by atoms with E-state index in [2.05, 4.69) is 5.32 Å². The number of hydrogen-bond donors (Lipinski definition) is 1. The molecule has 16 heavy (non-hydrogen) atoms. The Kier molecular flexibility index (Phi) is 4.80. The maximum absolute atomic E-state index is 12.8. The summed E-state index contributed by atoms with van der Waals surface area (Å²) in [5.74, 6) is -0.182. The standard InChI is InChI=1S/C11H11FN2OS/c1-2-16-10(7-13)14-11(15)8-4-3-5-9(12)6-8/h3-6,10H,2H2,1H3,(H,14,15). The minimum atomic E-state index is -0.597. The number of benzene rings is 1. The Morgan fingerprint density at radius 3 is 3.00 bits per heavy atom. The van der Waals surface area contributed by atoms with E-state index >= 15 is 0 Å². The normalized spacial score (nSPS) is 11.6. The lowest BCUT2D eigenvalue weighted by Crippen LogP contribution is -2.31. The van der Waals surface area contributed by atoms with Crippen LogP contribution in [0.15, 0.2) is 24.3 Å². The molecule has 0 aliphatic rings. The Morgan fingerprint density at radius 2 is 2.44 bits per heavy atom. The van der Waals surface area contributed by atoms with Crippen molar-refractivity contribution in [3.05, 3.63) is 35.6 Å². The van der Waals surface area contributed by atoms with E-state index in [1.807, 2.05) is 13.0 Å². The van der Waals surface area contributed by atoms with Crippen molar-refractivity contribution in [1.82, 2.24) is 5.32 Å². The van der Waals surface area contributed by atoms with Crippen LogP contribution in [0, 0.1) is 17.1 Å². The molecule has 0 aliphatic carbocycles. The lowest BCUT2D eigenvalue weighted by Gasteiger charge is -2.09. The van der Waals surface area contributed by atoms with Gasteiger partial charge in [-0.3, -0.25) is 4.79 Å². The second-order valence-electron chi connectivity index (χ2n) is 2.95. The molecule has 1 aromatic carbocycles. The van der Waals surface area contributed by atoms with Crippen LogP contribution in [-0.2, 0) is 0 Å². The fourth-order valence-electron chi connectivity index (χ4n) is 1.11. The summed E-state index contributed by atoms with van der Waals surface area (Å²) in [6.45, 7) is 1.89. The number of carbonyl (C=O) groups is 1.